The second kappa shape index (κ2) is 14.4. The lowest BCUT2D eigenvalue weighted by molar-refractivity contribution is -0.145. The van der Waals surface area contributed by atoms with Gasteiger partial charge in [0, 0.05) is 31.7 Å². The second-order valence-corrected chi connectivity index (χ2v) is 8.82. The number of aliphatic hydroxyl groups is 1. The van der Waals surface area contributed by atoms with Crippen LogP contribution in [0.2, 0.25) is 0 Å². The number of carbonyl (C=O) groups excluding carboxylic acids is 2. The number of carbonyl (C=O) groups is 2. The summed E-state index contributed by atoms with van der Waals surface area (Å²) in [6, 6.07) is 8.12. The van der Waals surface area contributed by atoms with E-state index in [-0.39, 0.29) is 29.8 Å². The summed E-state index contributed by atoms with van der Waals surface area (Å²) >= 11 is 0. The third kappa shape index (κ3) is 8.74. The van der Waals surface area contributed by atoms with Crippen molar-refractivity contribution in [2.45, 2.75) is 78.1 Å². The number of ketones is 1. The van der Waals surface area contributed by atoms with Crippen LogP contribution in [-0.4, -0.2) is 44.3 Å². The zero-order valence-corrected chi connectivity index (χ0v) is 20.1. The van der Waals surface area contributed by atoms with Gasteiger partial charge in [-0.1, -0.05) is 51.0 Å². The fraction of sp³-hybridized carbons (Fsp3) is 0.692. The van der Waals surface area contributed by atoms with Gasteiger partial charge in [0.25, 0.3) is 0 Å². The summed E-state index contributed by atoms with van der Waals surface area (Å²) in [5.74, 6) is 0.344. The summed E-state index contributed by atoms with van der Waals surface area (Å²) in [7, 11) is 3.15. The molecule has 2 unspecified atom stereocenters. The Hall–Kier alpha value is -1.72. The highest BCUT2D eigenvalue weighted by molar-refractivity contribution is 5.83. The average molecular weight is 435 g/mol. The lowest BCUT2D eigenvalue weighted by Gasteiger charge is -2.39. The standard InChI is InChI=1S/C16H24O3.C10H18O2/c1-4-5-15(16(18)19-3)10-13-6-8-14(9-7-13)12(2)11-17;1-9(11)10(5-3-6-10)7-4-8-12-2/h6-9,12,15,17H,4-5,10-11H2,1-3H3;3-8H2,1-2H3. The van der Waals surface area contributed by atoms with Crippen LogP contribution in [0.4, 0.5) is 0 Å². The Balaban J connectivity index is 0.000000343. The Kier molecular flexibility index (Phi) is 12.7. The van der Waals surface area contributed by atoms with Crippen molar-refractivity contribution in [3.05, 3.63) is 35.4 Å². The maximum atomic E-state index is 11.7. The van der Waals surface area contributed by atoms with Gasteiger partial charge in [-0.3, -0.25) is 9.59 Å². The van der Waals surface area contributed by atoms with Gasteiger partial charge in [0.15, 0.2) is 0 Å². The van der Waals surface area contributed by atoms with E-state index in [4.69, 9.17) is 14.6 Å². The number of Topliss-reactive ketones (excluding diaryl/α,β-unsaturated/α-hetero) is 1. The van der Waals surface area contributed by atoms with Crippen LogP contribution >= 0.6 is 0 Å². The number of methoxy groups -OCH3 is 2. The number of benzene rings is 1. The molecule has 2 rings (SSSR count). The molecule has 1 aromatic rings. The minimum absolute atomic E-state index is 0.0541. The van der Waals surface area contributed by atoms with Gasteiger partial charge in [-0.15, -0.1) is 0 Å². The largest absolute Gasteiger partial charge is 0.469 e. The molecule has 31 heavy (non-hydrogen) atoms. The Morgan fingerprint density at radius 2 is 1.81 bits per heavy atom. The third-order valence-corrected chi connectivity index (χ3v) is 6.54. The number of aliphatic hydroxyl groups excluding tert-OH is 1. The van der Waals surface area contributed by atoms with E-state index < -0.39 is 0 Å². The van der Waals surface area contributed by atoms with E-state index in [0.29, 0.717) is 12.2 Å². The van der Waals surface area contributed by atoms with Crippen LogP contribution in [-0.2, 0) is 25.5 Å². The third-order valence-electron chi connectivity index (χ3n) is 6.54. The lowest BCUT2D eigenvalue weighted by Crippen LogP contribution is -2.36. The highest BCUT2D eigenvalue weighted by Crippen LogP contribution is 2.45. The summed E-state index contributed by atoms with van der Waals surface area (Å²) in [5, 5.41) is 9.12. The molecule has 5 heteroatoms. The fourth-order valence-electron chi connectivity index (χ4n) is 4.13. The van der Waals surface area contributed by atoms with E-state index in [1.165, 1.54) is 13.5 Å². The van der Waals surface area contributed by atoms with Gasteiger partial charge < -0.3 is 14.6 Å². The van der Waals surface area contributed by atoms with E-state index in [9.17, 15) is 9.59 Å². The molecule has 1 fully saturated rings. The van der Waals surface area contributed by atoms with Crippen LogP contribution in [0.25, 0.3) is 0 Å². The van der Waals surface area contributed by atoms with Crippen LogP contribution in [0.15, 0.2) is 24.3 Å². The molecule has 0 heterocycles. The average Bonchev–Trinajstić information content (AvgIpc) is 2.74. The van der Waals surface area contributed by atoms with Crippen molar-refractivity contribution in [3.63, 3.8) is 0 Å². The van der Waals surface area contributed by atoms with E-state index >= 15 is 0 Å². The van der Waals surface area contributed by atoms with E-state index in [1.807, 2.05) is 31.2 Å². The first-order valence-corrected chi connectivity index (χ1v) is 11.6. The van der Waals surface area contributed by atoms with E-state index in [1.54, 1.807) is 14.0 Å². The predicted molar refractivity (Wildman–Crippen MR) is 124 cm³/mol. The molecule has 176 valence electrons. The van der Waals surface area contributed by atoms with Crippen molar-refractivity contribution in [2.75, 3.05) is 27.4 Å². The molecular formula is C26H42O5. The van der Waals surface area contributed by atoms with Gasteiger partial charge in [0.2, 0.25) is 0 Å². The Morgan fingerprint density at radius 3 is 2.23 bits per heavy atom. The zero-order chi connectivity index (χ0) is 23.3. The minimum atomic E-state index is -0.130. The van der Waals surface area contributed by atoms with Crippen molar-refractivity contribution < 1.29 is 24.2 Å². The summed E-state index contributed by atoms with van der Waals surface area (Å²) in [6.07, 6.45) is 8.02. The molecule has 5 nitrogen and oxygen atoms in total. The second-order valence-electron chi connectivity index (χ2n) is 8.82. The van der Waals surface area contributed by atoms with Crippen LogP contribution in [0.5, 0.6) is 0 Å². The van der Waals surface area contributed by atoms with Crippen molar-refractivity contribution in [1.82, 2.24) is 0 Å². The number of rotatable bonds is 12. The molecular weight excluding hydrogens is 392 g/mol. The van der Waals surface area contributed by atoms with Crippen LogP contribution in [0, 0.1) is 11.3 Å². The quantitative estimate of drug-likeness (QED) is 0.367. The van der Waals surface area contributed by atoms with Gasteiger partial charge in [-0.25, -0.2) is 0 Å². The molecule has 0 aliphatic heterocycles. The molecule has 0 radical (unpaired) electrons. The van der Waals surface area contributed by atoms with Crippen molar-refractivity contribution in [3.8, 4) is 0 Å². The summed E-state index contributed by atoms with van der Waals surface area (Å²) < 4.78 is 9.82. The van der Waals surface area contributed by atoms with Crippen molar-refractivity contribution in [1.29, 1.82) is 0 Å². The fourth-order valence-corrected chi connectivity index (χ4v) is 4.13. The predicted octanol–water partition coefficient (Wildman–Crippen LogP) is 5.09. The normalized spacial score (nSPS) is 16.3. The smallest absolute Gasteiger partial charge is 0.308 e. The molecule has 0 aromatic heterocycles. The lowest BCUT2D eigenvalue weighted by atomic mass is 9.64. The number of hydrogen-bond donors (Lipinski definition) is 1. The zero-order valence-electron chi connectivity index (χ0n) is 20.1. The highest BCUT2D eigenvalue weighted by atomic mass is 16.5. The van der Waals surface area contributed by atoms with Gasteiger partial charge in [0.1, 0.15) is 5.78 Å². The maximum absolute atomic E-state index is 11.7. The van der Waals surface area contributed by atoms with E-state index in [2.05, 4.69) is 6.92 Å². The van der Waals surface area contributed by atoms with Gasteiger partial charge in [-0.2, -0.15) is 0 Å². The number of ether oxygens (including phenoxy) is 2. The summed E-state index contributed by atoms with van der Waals surface area (Å²) in [4.78, 5) is 23.0. The van der Waals surface area contributed by atoms with Crippen molar-refractivity contribution >= 4 is 11.8 Å². The summed E-state index contributed by atoms with van der Waals surface area (Å²) in [5.41, 5.74) is 2.31. The minimum Gasteiger partial charge on any atom is -0.469 e. The van der Waals surface area contributed by atoms with Crippen LogP contribution in [0.1, 0.15) is 82.8 Å². The maximum Gasteiger partial charge on any atom is 0.308 e. The van der Waals surface area contributed by atoms with Gasteiger partial charge >= 0.3 is 5.97 Å². The first kappa shape index (κ1) is 27.3. The molecule has 0 spiro atoms. The Bertz CT molecular complexity index is 648. The molecule has 0 saturated heterocycles. The highest BCUT2D eigenvalue weighted by Gasteiger charge is 2.40. The Labute approximate surface area is 188 Å². The SMILES string of the molecule is CCCC(Cc1ccc(C(C)CO)cc1)C(=O)OC.COCCCC1(C(C)=O)CCC1. The first-order chi connectivity index (χ1) is 14.8. The molecule has 0 amide bonds. The van der Waals surface area contributed by atoms with Crippen molar-refractivity contribution in [2.24, 2.45) is 11.3 Å². The van der Waals surface area contributed by atoms with Gasteiger partial charge in [-0.05, 0) is 56.6 Å². The van der Waals surface area contributed by atoms with Crippen LogP contribution in [0.3, 0.4) is 0 Å². The molecule has 1 saturated carbocycles. The molecule has 0 bridgehead atoms. The van der Waals surface area contributed by atoms with E-state index in [0.717, 1.165) is 56.3 Å². The van der Waals surface area contributed by atoms with Gasteiger partial charge in [0.05, 0.1) is 13.0 Å². The number of hydrogen-bond acceptors (Lipinski definition) is 5. The molecule has 2 atom stereocenters. The number of esters is 1. The Morgan fingerprint density at radius 1 is 1.16 bits per heavy atom. The van der Waals surface area contributed by atoms with Crippen LogP contribution < -0.4 is 0 Å². The molecule has 1 aromatic carbocycles. The summed E-state index contributed by atoms with van der Waals surface area (Å²) in [6.45, 7) is 6.73. The molecule has 1 aliphatic rings. The topological polar surface area (TPSA) is 72.8 Å². The molecule has 1 N–H and O–H groups in total. The molecule has 1 aliphatic carbocycles. The first-order valence-electron chi connectivity index (χ1n) is 11.6. The monoisotopic (exact) mass is 434 g/mol.